The lowest BCUT2D eigenvalue weighted by Crippen LogP contribution is -1.90. The second-order valence-electron chi connectivity index (χ2n) is 3.45. The first kappa shape index (κ1) is 10.1. The van der Waals surface area contributed by atoms with E-state index in [1.807, 2.05) is 32.0 Å². The Morgan fingerprint density at radius 2 is 2.07 bits per heavy atom. The van der Waals surface area contributed by atoms with Crippen molar-refractivity contribution in [2.24, 2.45) is 0 Å². The molecule has 0 bridgehead atoms. The topological polar surface area (TPSA) is 17.2 Å². The van der Waals surface area contributed by atoms with Crippen molar-refractivity contribution < 1.29 is 0 Å². The molecule has 0 aliphatic rings. The third kappa shape index (κ3) is 1.62. The minimum absolute atomic E-state index is 0.630. The lowest BCUT2D eigenvalue weighted by molar-refractivity contribution is 1.19. The second kappa shape index (κ2) is 3.63. The predicted molar refractivity (Wildman–Crippen MR) is 65.2 cm³/mol. The number of nitrogens with zero attached hydrogens (tertiary/aromatic N) is 2. The Balaban J connectivity index is 2.87. The standard InChI is InChI=1S/C12H9BrN2/c1-7-8(2)15-11-6-9(14-3)4-5-10(11)12(7)13/h4-6H,1-2H3. The van der Waals surface area contributed by atoms with Crippen molar-refractivity contribution in [3.05, 3.63) is 45.3 Å². The van der Waals surface area contributed by atoms with Gasteiger partial charge in [0.15, 0.2) is 5.69 Å². The van der Waals surface area contributed by atoms with Crippen LogP contribution in [0.25, 0.3) is 15.7 Å². The van der Waals surface area contributed by atoms with Crippen LogP contribution in [0.2, 0.25) is 0 Å². The van der Waals surface area contributed by atoms with E-state index in [0.29, 0.717) is 5.69 Å². The summed E-state index contributed by atoms with van der Waals surface area (Å²) in [6.45, 7) is 11.0. The van der Waals surface area contributed by atoms with Crippen LogP contribution in [0, 0.1) is 20.4 Å². The summed E-state index contributed by atoms with van der Waals surface area (Å²) in [4.78, 5) is 7.87. The van der Waals surface area contributed by atoms with Crippen molar-refractivity contribution in [1.29, 1.82) is 0 Å². The van der Waals surface area contributed by atoms with Crippen molar-refractivity contribution in [2.75, 3.05) is 0 Å². The summed E-state index contributed by atoms with van der Waals surface area (Å²) in [5.41, 5.74) is 3.65. The van der Waals surface area contributed by atoms with Gasteiger partial charge in [0.25, 0.3) is 0 Å². The van der Waals surface area contributed by atoms with Crippen LogP contribution >= 0.6 is 15.9 Å². The summed E-state index contributed by atoms with van der Waals surface area (Å²) < 4.78 is 1.07. The Morgan fingerprint density at radius 3 is 2.73 bits per heavy atom. The van der Waals surface area contributed by atoms with Crippen molar-refractivity contribution in [2.45, 2.75) is 13.8 Å². The molecule has 0 aliphatic carbocycles. The van der Waals surface area contributed by atoms with Crippen molar-refractivity contribution in [3.8, 4) is 0 Å². The Hall–Kier alpha value is -1.40. The molecular weight excluding hydrogens is 252 g/mol. The second-order valence-corrected chi connectivity index (χ2v) is 4.24. The predicted octanol–water partition coefficient (Wildman–Crippen LogP) is 4.16. The molecule has 0 unspecified atom stereocenters. The molecule has 0 saturated carbocycles. The van der Waals surface area contributed by atoms with Gasteiger partial charge < -0.3 is 0 Å². The monoisotopic (exact) mass is 260 g/mol. The van der Waals surface area contributed by atoms with Gasteiger partial charge in [-0.15, -0.1) is 0 Å². The average Bonchev–Trinajstić information content (AvgIpc) is 2.25. The van der Waals surface area contributed by atoms with E-state index in [1.165, 1.54) is 0 Å². The lowest BCUT2D eigenvalue weighted by atomic mass is 10.1. The zero-order valence-corrected chi connectivity index (χ0v) is 10.1. The van der Waals surface area contributed by atoms with Gasteiger partial charge in [0, 0.05) is 15.6 Å². The molecule has 3 heteroatoms. The van der Waals surface area contributed by atoms with Crippen LogP contribution in [0.4, 0.5) is 5.69 Å². The van der Waals surface area contributed by atoms with E-state index >= 15 is 0 Å². The summed E-state index contributed by atoms with van der Waals surface area (Å²) in [6.07, 6.45) is 0. The van der Waals surface area contributed by atoms with E-state index in [0.717, 1.165) is 26.6 Å². The van der Waals surface area contributed by atoms with Crippen molar-refractivity contribution in [3.63, 3.8) is 0 Å². The zero-order chi connectivity index (χ0) is 11.0. The van der Waals surface area contributed by atoms with Crippen LogP contribution in [0.3, 0.4) is 0 Å². The molecule has 0 fully saturated rings. The van der Waals surface area contributed by atoms with Gasteiger partial charge in [-0.1, -0.05) is 12.1 Å². The van der Waals surface area contributed by atoms with Crippen molar-refractivity contribution in [1.82, 2.24) is 4.98 Å². The number of rotatable bonds is 0. The smallest absolute Gasteiger partial charge is 0.189 e. The van der Waals surface area contributed by atoms with Crippen molar-refractivity contribution >= 4 is 32.5 Å². The minimum Gasteiger partial charge on any atom is -0.254 e. The molecular formula is C12H9BrN2. The van der Waals surface area contributed by atoms with E-state index < -0.39 is 0 Å². The molecule has 2 rings (SSSR count). The first-order chi connectivity index (χ1) is 7.13. The van der Waals surface area contributed by atoms with Crippen LogP contribution in [0.15, 0.2) is 22.7 Å². The Labute approximate surface area is 96.9 Å². The number of pyridine rings is 1. The fraction of sp³-hybridized carbons (Fsp3) is 0.167. The summed E-state index contributed by atoms with van der Waals surface area (Å²) in [5, 5.41) is 1.06. The third-order valence-electron chi connectivity index (χ3n) is 2.51. The molecule has 74 valence electrons. The third-order valence-corrected chi connectivity index (χ3v) is 3.53. The summed E-state index contributed by atoms with van der Waals surface area (Å²) in [5.74, 6) is 0. The van der Waals surface area contributed by atoms with Crippen LogP contribution in [0.5, 0.6) is 0 Å². The fourth-order valence-electron chi connectivity index (χ4n) is 1.49. The number of aryl methyl sites for hydroxylation is 1. The molecule has 0 radical (unpaired) electrons. The summed E-state index contributed by atoms with van der Waals surface area (Å²) in [6, 6.07) is 5.57. The van der Waals surface area contributed by atoms with Crippen LogP contribution in [-0.4, -0.2) is 4.98 Å². The Kier molecular flexibility index (Phi) is 2.45. The van der Waals surface area contributed by atoms with Gasteiger partial charge in [0.05, 0.1) is 12.1 Å². The maximum absolute atomic E-state index is 6.95. The summed E-state index contributed by atoms with van der Waals surface area (Å²) >= 11 is 3.56. The number of hydrogen-bond donors (Lipinski definition) is 0. The zero-order valence-electron chi connectivity index (χ0n) is 8.50. The molecule has 0 aliphatic heterocycles. The van der Waals surface area contributed by atoms with E-state index in [2.05, 4.69) is 25.8 Å². The van der Waals surface area contributed by atoms with Gasteiger partial charge in [0.2, 0.25) is 0 Å². The van der Waals surface area contributed by atoms with E-state index in [9.17, 15) is 0 Å². The molecule has 15 heavy (non-hydrogen) atoms. The fourth-order valence-corrected chi connectivity index (χ4v) is 2.12. The van der Waals surface area contributed by atoms with Gasteiger partial charge in [-0.25, -0.2) is 4.85 Å². The maximum Gasteiger partial charge on any atom is 0.189 e. The lowest BCUT2D eigenvalue weighted by Gasteiger charge is -2.07. The number of fused-ring (bicyclic) bond motifs is 1. The Bertz CT molecular complexity index is 582. The average molecular weight is 261 g/mol. The molecule has 1 aromatic heterocycles. The molecule has 0 amide bonds. The largest absolute Gasteiger partial charge is 0.254 e. The first-order valence-electron chi connectivity index (χ1n) is 4.57. The Morgan fingerprint density at radius 1 is 1.33 bits per heavy atom. The number of halogens is 1. The maximum atomic E-state index is 6.95. The normalized spacial score (nSPS) is 10.3. The molecule has 1 aromatic carbocycles. The highest BCUT2D eigenvalue weighted by Crippen LogP contribution is 2.30. The van der Waals surface area contributed by atoms with E-state index in [4.69, 9.17) is 6.57 Å². The minimum atomic E-state index is 0.630. The quantitative estimate of drug-likeness (QED) is 0.650. The van der Waals surface area contributed by atoms with Gasteiger partial charge in [-0.2, -0.15) is 0 Å². The van der Waals surface area contributed by atoms with Gasteiger partial charge in [-0.05, 0) is 41.4 Å². The molecule has 0 spiro atoms. The highest BCUT2D eigenvalue weighted by molar-refractivity contribution is 9.10. The van der Waals surface area contributed by atoms with Crippen LogP contribution < -0.4 is 0 Å². The molecule has 0 saturated heterocycles. The number of hydrogen-bond acceptors (Lipinski definition) is 1. The van der Waals surface area contributed by atoms with E-state index in [1.54, 1.807) is 0 Å². The highest BCUT2D eigenvalue weighted by Gasteiger charge is 2.06. The number of aromatic nitrogens is 1. The van der Waals surface area contributed by atoms with Gasteiger partial charge in [0.1, 0.15) is 0 Å². The highest BCUT2D eigenvalue weighted by atomic mass is 79.9. The molecule has 2 nitrogen and oxygen atoms in total. The number of benzene rings is 1. The van der Waals surface area contributed by atoms with E-state index in [-0.39, 0.29) is 0 Å². The van der Waals surface area contributed by atoms with Crippen LogP contribution in [-0.2, 0) is 0 Å². The molecule has 1 heterocycles. The SMILES string of the molecule is [C-]#[N+]c1ccc2c(Br)c(C)c(C)nc2c1. The molecule has 2 aromatic rings. The molecule has 0 N–H and O–H groups in total. The molecule has 0 atom stereocenters. The van der Waals surface area contributed by atoms with Gasteiger partial charge >= 0.3 is 0 Å². The van der Waals surface area contributed by atoms with Crippen LogP contribution in [0.1, 0.15) is 11.3 Å². The van der Waals surface area contributed by atoms with Gasteiger partial charge in [-0.3, -0.25) is 4.98 Å². The summed E-state index contributed by atoms with van der Waals surface area (Å²) in [7, 11) is 0. The first-order valence-corrected chi connectivity index (χ1v) is 5.36.